The molecule has 0 saturated carbocycles. The fourth-order valence-electron chi connectivity index (χ4n) is 4.96. The van der Waals surface area contributed by atoms with E-state index in [2.05, 4.69) is 57.0 Å². The Kier molecular flexibility index (Phi) is 8.96. The van der Waals surface area contributed by atoms with E-state index < -0.39 is 11.9 Å². The Bertz CT molecular complexity index is 1640. The Labute approximate surface area is 247 Å². The molecule has 42 heavy (non-hydrogen) atoms. The first-order valence-electron chi connectivity index (χ1n) is 13.8. The van der Waals surface area contributed by atoms with E-state index in [4.69, 9.17) is 14.2 Å². The Balaban J connectivity index is 1.62. The van der Waals surface area contributed by atoms with Gasteiger partial charge in [-0.2, -0.15) is 0 Å². The molecule has 1 aliphatic rings. The summed E-state index contributed by atoms with van der Waals surface area (Å²) in [7, 11) is 0. The van der Waals surface area contributed by atoms with Crippen molar-refractivity contribution in [3.63, 3.8) is 0 Å². The Morgan fingerprint density at radius 3 is 1.74 bits per heavy atom. The summed E-state index contributed by atoms with van der Waals surface area (Å²) in [5.41, 5.74) is 9.55. The lowest BCUT2D eigenvalue weighted by atomic mass is 9.91. The van der Waals surface area contributed by atoms with E-state index in [1.165, 1.54) is 11.1 Å². The summed E-state index contributed by atoms with van der Waals surface area (Å²) < 4.78 is 16.3. The van der Waals surface area contributed by atoms with E-state index in [0.717, 1.165) is 46.2 Å². The maximum atomic E-state index is 12.3. The zero-order valence-electron chi connectivity index (χ0n) is 24.9. The fourth-order valence-corrected chi connectivity index (χ4v) is 4.96. The molecule has 0 fully saturated rings. The van der Waals surface area contributed by atoms with Gasteiger partial charge < -0.3 is 14.2 Å². The summed E-state index contributed by atoms with van der Waals surface area (Å²) in [5.74, 6) is -1.07. The van der Waals surface area contributed by atoms with Gasteiger partial charge in [-0.05, 0) is 104 Å². The van der Waals surface area contributed by atoms with E-state index in [9.17, 15) is 14.4 Å². The standard InChI is InChI=1S/C36H36O6/c1-20(2)34(37)40-19-25-15-26-9-10-27(17-29(26)16-25)30-13-24(8)31(14-23(30)7)28-11-12-32(41-35(38)21(3)4)33(18-28)42-36(39)22(5)6/h9-14,17-18,25H,1,3,5,15-16,19H2,2,4,6-8H3. The predicted octanol–water partition coefficient (Wildman–Crippen LogP) is 7.43. The van der Waals surface area contributed by atoms with Crippen molar-refractivity contribution in [1.82, 2.24) is 0 Å². The van der Waals surface area contributed by atoms with Crippen molar-refractivity contribution < 1.29 is 28.6 Å². The summed E-state index contributed by atoms with van der Waals surface area (Å²) >= 11 is 0. The topological polar surface area (TPSA) is 78.9 Å². The molecule has 0 aromatic heterocycles. The van der Waals surface area contributed by atoms with Crippen LogP contribution in [0.1, 0.15) is 43.0 Å². The molecule has 0 saturated heterocycles. The van der Waals surface area contributed by atoms with Crippen LogP contribution >= 0.6 is 0 Å². The number of ether oxygens (including phenoxy) is 3. The van der Waals surface area contributed by atoms with Crippen molar-refractivity contribution in [2.75, 3.05) is 6.61 Å². The number of carbonyl (C=O) groups is 3. The van der Waals surface area contributed by atoms with Crippen molar-refractivity contribution in [2.24, 2.45) is 5.92 Å². The van der Waals surface area contributed by atoms with Gasteiger partial charge in [0.15, 0.2) is 11.5 Å². The van der Waals surface area contributed by atoms with Gasteiger partial charge in [-0.15, -0.1) is 0 Å². The molecule has 0 amide bonds. The van der Waals surface area contributed by atoms with Gasteiger partial charge in [0.2, 0.25) is 0 Å². The summed E-state index contributed by atoms with van der Waals surface area (Å²) in [5, 5.41) is 0. The van der Waals surface area contributed by atoms with Gasteiger partial charge in [-0.25, -0.2) is 14.4 Å². The van der Waals surface area contributed by atoms with Crippen LogP contribution in [0.2, 0.25) is 0 Å². The third-order valence-corrected chi connectivity index (χ3v) is 7.26. The van der Waals surface area contributed by atoms with Gasteiger partial charge in [0, 0.05) is 22.6 Å². The molecule has 4 rings (SSSR count). The smallest absolute Gasteiger partial charge is 0.338 e. The monoisotopic (exact) mass is 564 g/mol. The van der Waals surface area contributed by atoms with E-state index in [0.29, 0.717) is 12.2 Å². The Hall–Kier alpha value is -4.71. The minimum atomic E-state index is -0.615. The lowest BCUT2D eigenvalue weighted by Crippen LogP contribution is -2.14. The molecule has 3 aromatic carbocycles. The molecule has 1 unspecified atom stereocenters. The second kappa shape index (κ2) is 12.4. The molecule has 1 aliphatic carbocycles. The van der Waals surface area contributed by atoms with Gasteiger partial charge in [-0.1, -0.05) is 56.1 Å². The molecule has 0 radical (unpaired) electrons. The molecule has 1 atom stereocenters. The number of rotatable bonds is 9. The van der Waals surface area contributed by atoms with Crippen LogP contribution in [0.5, 0.6) is 11.5 Å². The number of carbonyl (C=O) groups excluding carboxylic acids is 3. The fraction of sp³-hybridized carbons (Fsp3) is 0.250. The Morgan fingerprint density at radius 1 is 0.667 bits per heavy atom. The quantitative estimate of drug-likeness (QED) is 0.153. The summed E-state index contributed by atoms with van der Waals surface area (Å²) in [4.78, 5) is 36.3. The molecule has 6 heteroatoms. The lowest BCUT2D eigenvalue weighted by molar-refractivity contribution is -0.140. The summed E-state index contributed by atoms with van der Waals surface area (Å²) in [6, 6.07) is 15.9. The average molecular weight is 565 g/mol. The van der Waals surface area contributed by atoms with Crippen LogP contribution in [-0.4, -0.2) is 24.5 Å². The minimum absolute atomic E-state index is 0.123. The number of fused-ring (bicyclic) bond motifs is 1. The van der Waals surface area contributed by atoms with Gasteiger partial charge in [0.1, 0.15) is 0 Å². The highest BCUT2D eigenvalue weighted by atomic mass is 16.6. The summed E-state index contributed by atoms with van der Waals surface area (Å²) in [6.07, 6.45) is 1.74. The average Bonchev–Trinajstić information content (AvgIpc) is 3.35. The van der Waals surface area contributed by atoms with E-state index in [1.807, 2.05) is 13.0 Å². The highest BCUT2D eigenvalue weighted by molar-refractivity contribution is 5.91. The van der Waals surface area contributed by atoms with Crippen LogP contribution in [-0.2, 0) is 32.0 Å². The first kappa shape index (κ1) is 30.3. The van der Waals surface area contributed by atoms with Crippen LogP contribution in [0.4, 0.5) is 0 Å². The molecule has 0 heterocycles. The minimum Gasteiger partial charge on any atom is -0.462 e. The van der Waals surface area contributed by atoms with Crippen LogP contribution in [0.15, 0.2) is 85.0 Å². The first-order valence-corrected chi connectivity index (χ1v) is 13.8. The van der Waals surface area contributed by atoms with Crippen LogP contribution < -0.4 is 9.47 Å². The highest BCUT2D eigenvalue weighted by Crippen LogP contribution is 2.38. The van der Waals surface area contributed by atoms with Crippen molar-refractivity contribution >= 4 is 17.9 Å². The SMILES string of the molecule is C=C(C)C(=O)OCC1Cc2ccc(-c3cc(C)c(-c4ccc(OC(=O)C(=C)C)c(OC(=O)C(=C)C)c4)cc3C)cc2C1. The molecular weight excluding hydrogens is 528 g/mol. The summed E-state index contributed by atoms with van der Waals surface area (Å²) in [6.45, 7) is 20.1. The first-order chi connectivity index (χ1) is 19.8. The van der Waals surface area contributed by atoms with Crippen molar-refractivity contribution in [3.05, 3.63) is 107 Å². The molecule has 0 bridgehead atoms. The second-order valence-electron chi connectivity index (χ2n) is 11.1. The maximum Gasteiger partial charge on any atom is 0.338 e. The lowest BCUT2D eigenvalue weighted by Gasteiger charge is -2.16. The number of hydrogen-bond donors (Lipinski definition) is 0. The molecule has 0 spiro atoms. The molecular formula is C36H36O6. The van der Waals surface area contributed by atoms with Gasteiger partial charge in [-0.3, -0.25) is 0 Å². The normalized spacial score (nSPS) is 13.6. The third kappa shape index (κ3) is 6.77. The maximum absolute atomic E-state index is 12.3. The number of benzene rings is 3. The number of aryl methyl sites for hydroxylation is 2. The largest absolute Gasteiger partial charge is 0.462 e. The second-order valence-corrected chi connectivity index (χ2v) is 11.1. The molecule has 3 aromatic rings. The van der Waals surface area contributed by atoms with Crippen molar-refractivity contribution in [1.29, 1.82) is 0 Å². The van der Waals surface area contributed by atoms with Gasteiger partial charge in [0.25, 0.3) is 0 Å². The Morgan fingerprint density at radius 2 is 1.17 bits per heavy atom. The van der Waals surface area contributed by atoms with Gasteiger partial charge in [0.05, 0.1) is 6.61 Å². The number of esters is 3. The molecule has 216 valence electrons. The molecule has 0 aliphatic heterocycles. The predicted molar refractivity (Wildman–Crippen MR) is 164 cm³/mol. The molecule has 6 nitrogen and oxygen atoms in total. The third-order valence-electron chi connectivity index (χ3n) is 7.26. The van der Waals surface area contributed by atoms with Crippen molar-refractivity contribution in [3.8, 4) is 33.8 Å². The van der Waals surface area contributed by atoms with Crippen LogP contribution in [0.3, 0.4) is 0 Å². The van der Waals surface area contributed by atoms with E-state index in [1.54, 1.807) is 32.9 Å². The zero-order chi connectivity index (χ0) is 30.7. The van der Waals surface area contributed by atoms with Crippen molar-refractivity contribution in [2.45, 2.75) is 47.5 Å². The number of hydrogen-bond acceptors (Lipinski definition) is 6. The zero-order valence-corrected chi connectivity index (χ0v) is 24.9. The van der Waals surface area contributed by atoms with Crippen LogP contribution in [0, 0.1) is 19.8 Å². The highest BCUT2D eigenvalue weighted by Gasteiger charge is 2.24. The van der Waals surface area contributed by atoms with E-state index in [-0.39, 0.29) is 34.5 Å². The van der Waals surface area contributed by atoms with Gasteiger partial charge >= 0.3 is 17.9 Å². The van der Waals surface area contributed by atoms with E-state index >= 15 is 0 Å². The molecule has 0 N–H and O–H groups in total. The van der Waals surface area contributed by atoms with Crippen LogP contribution in [0.25, 0.3) is 22.3 Å².